The van der Waals surface area contributed by atoms with Crippen molar-refractivity contribution in [1.29, 1.82) is 0 Å². The SMILES string of the molecule is CCN1CCC(N(C)C(=O)N[C@@H](C(=O)O)C(C)C)CC1. The van der Waals surface area contributed by atoms with E-state index in [-0.39, 0.29) is 18.0 Å². The number of carbonyl (C=O) groups is 2. The zero-order chi connectivity index (χ0) is 15.3. The fraction of sp³-hybridized carbons (Fsp3) is 0.857. The van der Waals surface area contributed by atoms with Crippen LogP contribution in [0.2, 0.25) is 0 Å². The van der Waals surface area contributed by atoms with Gasteiger partial charge in [-0.1, -0.05) is 20.8 Å². The lowest BCUT2D eigenvalue weighted by Crippen LogP contribution is -2.53. The van der Waals surface area contributed by atoms with Crippen molar-refractivity contribution in [3.05, 3.63) is 0 Å². The average molecular weight is 285 g/mol. The minimum Gasteiger partial charge on any atom is -0.480 e. The molecule has 0 aliphatic carbocycles. The van der Waals surface area contributed by atoms with Crippen LogP contribution in [0.5, 0.6) is 0 Å². The van der Waals surface area contributed by atoms with Crippen molar-refractivity contribution in [2.24, 2.45) is 5.92 Å². The van der Waals surface area contributed by atoms with Crippen molar-refractivity contribution in [2.75, 3.05) is 26.7 Å². The summed E-state index contributed by atoms with van der Waals surface area (Å²) in [4.78, 5) is 27.3. The van der Waals surface area contributed by atoms with Gasteiger partial charge in [0.1, 0.15) is 6.04 Å². The van der Waals surface area contributed by atoms with Crippen LogP contribution in [-0.2, 0) is 4.79 Å². The fourth-order valence-corrected chi connectivity index (χ4v) is 2.54. The molecule has 2 amide bonds. The highest BCUT2D eigenvalue weighted by molar-refractivity contribution is 5.82. The summed E-state index contributed by atoms with van der Waals surface area (Å²) >= 11 is 0. The van der Waals surface area contributed by atoms with Gasteiger partial charge in [0.25, 0.3) is 0 Å². The Balaban J connectivity index is 2.52. The van der Waals surface area contributed by atoms with Gasteiger partial charge < -0.3 is 20.2 Å². The highest BCUT2D eigenvalue weighted by atomic mass is 16.4. The third kappa shape index (κ3) is 4.37. The summed E-state index contributed by atoms with van der Waals surface area (Å²) in [6, 6.07) is -0.930. The molecule has 1 aliphatic rings. The second-order valence-electron chi connectivity index (χ2n) is 5.79. The predicted molar refractivity (Wildman–Crippen MR) is 77.7 cm³/mol. The molecule has 0 unspecified atom stereocenters. The number of carboxylic acids is 1. The third-order valence-corrected chi connectivity index (χ3v) is 4.08. The quantitative estimate of drug-likeness (QED) is 0.796. The molecule has 0 aromatic heterocycles. The van der Waals surface area contributed by atoms with Gasteiger partial charge in [-0.2, -0.15) is 0 Å². The largest absolute Gasteiger partial charge is 0.480 e. The summed E-state index contributed by atoms with van der Waals surface area (Å²) in [5, 5.41) is 11.7. The molecular weight excluding hydrogens is 258 g/mol. The Morgan fingerprint density at radius 3 is 2.30 bits per heavy atom. The molecule has 1 atom stereocenters. The van der Waals surface area contributed by atoms with Gasteiger partial charge in [0.05, 0.1) is 0 Å². The molecule has 6 heteroatoms. The van der Waals surface area contributed by atoms with E-state index in [1.54, 1.807) is 25.8 Å². The van der Waals surface area contributed by atoms with Crippen LogP contribution in [0.4, 0.5) is 4.79 Å². The van der Waals surface area contributed by atoms with E-state index >= 15 is 0 Å². The van der Waals surface area contributed by atoms with Crippen LogP contribution in [0.3, 0.4) is 0 Å². The molecule has 1 fully saturated rings. The zero-order valence-electron chi connectivity index (χ0n) is 12.9. The van der Waals surface area contributed by atoms with Crippen molar-refractivity contribution >= 4 is 12.0 Å². The monoisotopic (exact) mass is 285 g/mol. The van der Waals surface area contributed by atoms with Gasteiger partial charge in [-0.25, -0.2) is 9.59 Å². The molecule has 20 heavy (non-hydrogen) atoms. The van der Waals surface area contributed by atoms with E-state index in [0.717, 1.165) is 32.5 Å². The Labute approximate surface area is 121 Å². The van der Waals surface area contributed by atoms with Crippen molar-refractivity contribution in [3.8, 4) is 0 Å². The second-order valence-corrected chi connectivity index (χ2v) is 5.79. The Kier molecular flexibility index (Phi) is 6.26. The molecule has 1 aliphatic heterocycles. The first-order valence-corrected chi connectivity index (χ1v) is 7.35. The van der Waals surface area contributed by atoms with Gasteiger partial charge in [0.2, 0.25) is 0 Å². The molecule has 0 spiro atoms. The molecule has 116 valence electrons. The standard InChI is InChI=1S/C14H27N3O3/c1-5-17-8-6-11(7-9-17)16(4)14(20)15-12(10(2)3)13(18)19/h10-12H,5-9H2,1-4H3,(H,15,20)(H,18,19)/t12-/m1/s1. The number of nitrogens with zero attached hydrogens (tertiary/aromatic N) is 2. The molecular formula is C14H27N3O3. The molecule has 1 rings (SSSR count). The topological polar surface area (TPSA) is 72.9 Å². The van der Waals surface area contributed by atoms with Gasteiger partial charge in [0.15, 0.2) is 0 Å². The van der Waals surface area contributed by atoms with Crippen LogP contribution < -0.4 is 5.32 Å². The van der Waals surface area contributed by atoms with Crippen molar-refractivity contribution < 1.29 is 14.7 Å². The molecule has 2 N–H and O–H groups in total. The number of amides is 2. The minimum atomic E-state index is -0.984. The van der Waals surface area contributed by atoms with Crippen molar-refractivity contribution in [1.82, 2.24) is 15.1 Å². The van der Waals surface area contributed by atoms with Crippen LogP contribution in [0.1, 0.15) is 33.6 Å². The number of piperidine rings is 1. The number of likely N-dealkylation sites (tertiary alicyclic amines) is 1. The maximum Gasteiger partial charge on any atom is 0.326 e. The number of urea groups is 1. The highest BCUT2D eigenvalue weighted by Gasteiger charge is 2.29. The second kappa shape index (κ2) is 7.47. The number of hydrogen-bond donors (Lipinski definition) is 2. The molecule has 0 saturated carbocycles. The lowest BCUT2D eigenvalue weighted by atomic mass is 10.0. The first kappa shape index (κ1) is 16.8. The molecule has 0 aromatic carbocycles. The first-order valence-electron chi connectivity index (χ1n) is 7.35. The van der Waals surface area contributed by atoms with Crippen molar-refractivity contribution in [2.45, 2.75) is 45.7 Å². The van der Waals surface area contributed by atoms with Crippen LogP contribution in [0.15, 0.2) is 0 Å². The smallest absolute Gasteiger partial charge is 0.326 e. The van der Waals surface area contributed by atoms with E-state index in [1.165, 1.54) is 0 Å². The number of aliphatic carboxylic acids is 1. The van der Waals surface area contributed by atoms with Gasteiger partial charge in [0, 0.05) is 26.2 Å². The normalized spacial score (nSPS) is 18.9. The van der Waals surface area contributed by atoms with Gasteiger partial charge in [-0.15, -0.1) is 0 Å². The number of carbonyl (C=O) groups excluding carboxylic acids is 1. The van der Waals surface area contributed by atoms with E-state index in [1.807, 2.05) is 0 Å². The lowest BCUT2D eigenvalue weighted by molar-refractivity contribution is -0.140. The Morgan fingerprint density at radius 1 is 1.35 bits per heavy atom. The van der Waals surface area contributed by atoms with E-state index in [9.17, 15) is 9.59 Å². The first-order chi connectivity index (χ1) is 9.36. The summed E-state index contributed by atoms with van der Waals surface area (Å²) < 4.78 is 0. The summed E-state index contributed by atoms with van der Waals surface area (Å²) in [6.07, 6.45) is 1.88. The maximum absolute atomic E-state index is 12.2. The van der Waals surface area contributed by atoms with E-state index in [4.69, 9.17) is 5.11 Å². The lowest BCUT2D eigenvalue weighted by Gasteiger charge is -2.36. The van der Waals surface area contributed by atoms with Gasteiger partial charge >= 0.3 is 12.0 Å². The molecule has 6 nitrogen and oxygen atoms in total. The molecule has 0 radical (unpaired) electrons. The number of rotatable bonds is 5. The molecule has 0 bridgehead atoms. The van der Waals surface area contributed by atoms with E-state index < -0.39 is 12.0 Å². The van der Waals surface area contributed by atoms with Gasteiger partial charge in [-0.3, -0.25) is 0 Å². The van der Waals surface area contributed by atoms with Crippen molar-refractivity contribution in [3.63, 3.8) is 0 Å². The predicted octanol–water partition coefficient (Wildman–Crippen LogP) is 1.22. The minimum absolute atomic E-state index is 0.133. The summed E-state index contributed by atoms with van der Waals surface area (Å²) in [6.45, 7) is 8.74. The number of carboxylic acid groups (broad SMARTS) is 1. The highest BCUT2D eigenvalue weighted by Crippen LogP contribution is 2.15. The Bertz CT molecular complexity index is 339. The molecule has 1 heterocycles. The zero-order valence-corrected chi connectivity index (χ0v) is 12.9. The third-order valence-electron chi connectivity index (χ3n) is 4.08. The summed E-state index contributed by atoms with van der Waals surface area (Å²) in [5.41, 5.74) is 0. The fourth-order valence-electron chi connectivity index (χ4n) is 2.54. The Hall–Kier alpha value is -1.30. The number of hydrogen-bond acceptors (Lipinski definition) is 3. The van der Waals surface area contributed by atoms with E-state index in [0.29, 0.717) is 0 Å². The maximum atomic E-state index is 12.2. The van der Waals surface area contributed by atoms with E-state index in [2.05, 4.69) is 17.1 Å². The van der Waals surface area contributed by atoms with Crippen LogP contribution in [-0.4, -0.2) is 65.7 Å². The summed E-state index contributed by atoms with van der Waals surface area (Å²) in [5.74, 6) is -1.12. The number of nitrogens with one attached hydrogen (secondary N) is 1. The Morgan fingerprint density at radius 2 is 1.90 bits per heavy atom. The van der Waals surface area contributed by atoms with Gasteiger partial charge in [-0.05, 0) is 25.3 Å². The molecule has 1 saturated heterocycles. The summed E-state index contributed by atoms with van der Waals surface area (Å²) in [7, 11) is 1.75. The average Bonchev–Trinajstić information content (AvgIpc) is 2.43. The van der Waals surface area contributed by atoms with Crippen LogP contribution in [0, 0.1) is 5.92 Å². The molecule has 0 aromatic rings. The van der Waals surface area contributed by atoms with Crippen LogP contribution >= 0.6 is 0 Å². The van der Waals surface area contributed by atoms with Crippen LogP contribution in [0.25, 0.3) is 0 Å².